The average molecular weight is 268 g/mol. The van der Waals surface area contributed by atoms with Gasteiger partial charge in [0.25, 0.3) is 0 Å². The number of hydrogen-bond donors (Lipinski definition) is 0. The van der Waals surface area contributed by atoms with Crippen LogP contribution in [0.15, 0.2) is 12.1 Å². The van der Waals surface area contributed by atoms with Gasteiger partial charge in [0, 0.05) is 19.2 Å². The van der Waals surface area contributed by atoms with E-state index in [9.17, 15) is 0 Å². The second kappa shape index (κ2) is 13.3. The highest BCUT2D eigenvalue weighted by atomic mass is 16.5. The van der Waals surface area contributed by atoms with Gasteiger partial charge in [-0.2, -0.15) is 0 Å². The number of ether oxygens (including phenoxy) is 1. The number of nitrogens with zero attached hydrogens (tertiary/aromatic N) is 2. The normalized spacial score (nSPS) is 11.8. The molecule has 0 radical (unpaired) electrons. The van der Waals surface area contributed by atoms with Crippen molar-refractivity contribution in [3.8, 4) is 5.88 Å². The summed E-state index contributed by atoms with van der Waals surface area (Å²) in [5.74, 6) is 0.747. The van der Waals surface area contributed by atoms with E-state index in [1.165, 1.54) is 5.56 Å². The van der Waals surface area contributed by atoms with E-state index in [1.807, 2.05) is 54.5 Å². The standard InChI is InChI=1S/C10H14N2O.3C2H6/c1-3-13-10-5-4-8-6-12(2)7-9(8)11-10;3*1-2/h4-5H,3,6-7H2,1-2H3;3*1-2H3. The van der Waals surface area contributed by atoms with Crippen molar-refractivity contribution in [3.63, 3.8) is 0 Å². The SMILES string of the molecule is CC.CC.CC.CCOc1ccc2c(n1)CN(C)C2. The predicted molar refractivity (Wildman–Crippen MR) is 84.6 cm³/mol. The highest BCUT2D eigenvalue weighted by Gasteiger charge is 2.16. The Balaban J connectivity index is 0. The lowest BCUT2D eigenvalue weighted by Crippen LogP contribution is -2.07. The summed E-state index contributed by atoms with van der Waals surface area (Å²) in [6.07, 6.45) is 0. The third kappa shape index (κ3) is 7.16. The molecule has 0 saturated carbocycles. The minimum absolute atomic E-state index is 0.682. The molecule has 3 nitrogen and oxygen atoms in total. The van der Waals surface area contributed by atoms with Gasteiger partial charge in [0.1, 0.15) is 0 Å². The Bertz CT molecular complexity index is 314. The van der Waals surface area contributed by atoms with E-state index in [2.05, 4.69) is 23.0 Å². The van der Waals surface area contributed by atoms with Crippen molar-refractivity contribution in [2.45, 2.75) is 61.6 Å². The lowest BCUT2D eigenvalue weighted by atomic mass is 10.2. The molecule has 1 aromatic heterocycles. The van der Waals surface area contributed by atoms with Crippen LogP contribution in [0.4, 0.5) is 0 Å². The Morgan fingerprint density at radius 1 is 1.05 bits per heavy atom. The molecule has 0 unspecified atom stereocenters. The van der Waals surface area contributed by atoms with Gasteiger partial charge in [0.15, 0.2) is 0 Å². The van der Waals surface area contributed by atoms with E-state index in [1.54, 1.807) is 0 Å². The van der Waals surface area contributed by atoms with E-state index in [-0.39, 0.29) is 0 Å². The van der Waals surface area contributed by atoms with Crippen LogP contribution >= 0.6 is 0 Å². The van der Waals surface area contributed by atoms with E-state index >= 15 is 0 Å². The maximum absolute atomic E-state index is 5.34. The van der Waals surface area contributed by atoms with Gasteiger partial charge in [-0.15, -0.1) is 0 Å². The summed E-state index contributed by atoms with van der Waals surface area (Å²) in [5.41, 5.74) is 2.49. The Labute approximate surface area is 120 Å². The summed E-state index contributed by atoms with van der Waals surface area (Å²) in [6, 6.07) is 4.05. The molecule has 0 saturated heterocycles. The predicted octanol–water partition coefficient (Wildman–Crippen LogP) is 4.50. The number of pyridine rings is 1. The molecule has 0 N–H and O–H groups in total. The quantitative estimate of drug-likeness (QED) is 0.789. The highest BCUT2D eigenvalue weighted by molar-refractivity contribution is 5.28. The van der Waals surface area contributed by atoms with Crippen molar-refractivity contribution in [2.24, 2.45) is 0 Å². The van der Waals surface area contributed by atoms with Gasteiger partial charge in [0.2, 0.25) is 5.88 Å². The zero-order chi connectivity index (χ0) is 15.3. The molecule has 3 heteroatoms. The average Bonchev–Trinajstić information content (AvgIpc) is 2.85. The Hall–Kier alpha value is -1.09. The number of hydrogen-bond acceptors (Lipinski definition) is 3. The van der Waals surface area contributed by atoms with Gasteiger partial charge in [-0.05, 0) is 19.5 Å². The number of rotatable bonds is 2. The van der Waals surface area contributed by atoms with E-state index in [0.29, 0.717) is 6.61 Å². The fourth-order valence-corrected chi connectivity index (χ4v) is 1.62. The zero-order valence-corrected chi connectivity index (χ0v) is 14.1. The maximum Gasteiger partial charge on any atom is 0.213 e. The van der Waals surface area contributed by atoms with Crippen LogP contribution in [0.1, 0.15) is 59.7 Å². The Kier molecular flexibility index (Phi) is 14.2. The molecular weight excluding hydrogens is 236 g/mol. The van der Waals surface area contributed by atoms with Crippen LogP contribution in [0.2, 0.25) is 0 Å². The molecule has 1 aliphatic heterocycles. The summed E-state index contributed by atoms with van der Waals surface area (Å²) in [7, 11) is 2.10. The second-order valence-corrected chi connectivity index (χ2v) is 3.36. The fourth-order valence-electron chi connectivity index (χ4n) is 1.62. The monoisotopic (exact) mass is 268 g/mol. The van der Waals surface area contributed by atoms with Gasteiger partial charge in [0.05, 0.1) is 12.3 Å². The topological polar surface area (TPSA) is 25.4 Å². The highest BCUT2D eigenvalue weighted by Crippen LogP contribution is 2.21. The molecule has 2 heterocycles. The van der Waals surface area contributed by atoms with Crippen LogP contribution in [0, 0.1) is 0 Å². The molecule has 2 rings (SSSR count). The van der Waals surface area contributed by atoms with E-state index < -0.39 is 0 Å². The lowest BCUT2D eigenvalue weighted by molar-refractivity contribution is 0.323. The van der Waals surface area contributed by atoms with E-state index in [0.717, 1.165) is 24.7 Å². The maximum atomic E-state index is 5.34. The number of aromatic nitrogens is 1. The summed E-state index contributed by atoms with van der Waals surface area (Å²) in [6.45, 7) is 16.6. The molecule has 0 amide bonds. The summed E-state index contributed by atoms with van der Waals surface area (Å²) in [5, 5.41) is 0. The van der Waals surface area contributed by atoms with Crippen molar-refractivity contribution >= 4 is 0 Å². The smallest absolute Gasteiger partial charge is 0.213 e. The summed E-state index contributed by atoms with van der Waals surface area (Å²) in [4.78, 5) is 6.67. The molecule has 112 valence electrons. The van der Waals surface area contributed by atoms with Crippen LogP contribution in [0.3, 0.4) is 0 Å². The zero-order valence-electron chi connectivity index (χ0n) is 14.1. The first kappa shape index (κ1) is 20.2. The first-order valence-corrected chi connectivity index (χ1v) is 7.59. The van der Waals surface area contributed by atoms with Crippen LogP contribution in [-0.2, 0) is 13.1 Å². The van der Waals surface area contributed by atoms with Gasteiger partial charge in [-0.3, -0.25) is 4.90 Å². The van der Waals surface area contributed by atoms with Crippen molar-refractivity contribution in [1.82, 2.24) is 9.88 Å². The molecule has 1 aromatic rings. The molecule has 19 heavy (non-hydrogen) atoms. The van der Waals surface area contributed by atoms with Crippen molar-refractivity contribution in [3.05, 3.63) is 23.4 Å². The molecule has 0 bridgehead atoms. The summed E-state index contributed by atoms with van der Waals surface area (Å²) >= 11 is 0. The fraction of sp³-hybridized carbons (Fsp3) is 0.688. The molecule has 0 atom stereocenters. The van der Waals surface area contributed by atoms with Crippen molar-refractivity contribution in [1.29, 1.82) is 0 Å². The molecule has 0 aliphatic carbocycles. The van der Waals surface area contributed by atoms with Crippen LogP contribution in [0.25, 0.3) is 0 Å². The molecule has 0 spiro atoms. The molecule has 0 aromatic carbocycles. The first-order chi connectivity index (χ1) is 9.29. The van der Waals surface area contributed by atoms with Gasteiger partial charge in [-0.25, -0.2) is 4.98 Å². The van der Waals surface area contributed by atoms with Crippen LogP contribution < -0.4 is 4.74 Å². The Morgan fingerprint density at radius 2 is 1.63 bits per heavy atom. The minimum atomic E-state index is 0.682. The number of fused-ring (bicyclic) bond motifs is 1. The summed E-state index contributed by atoms with van der Waals surface area (Å²) < 4.78 is 5.34. The van der Waals surface area contributed by atoms with Crippen LogP contribution in [0.5, 0.6) is 5.88 Å². The molecular formula is C16H32N2O. The molecule has 0 fully saturated rings. The van der Waals surface area contributed by atoms with E-state index in [4.69, 9.17) is 4.74 Å². The van der Waals surface area contributed by atoms with Gasteiger partial charge >= 0.3 is 0 Å². The minimum Gasteiger partial charge on any atom is -0.478 e. The third-order valence-electron chi connectivity index (χ3n) is 2.20. The van der Waals surface area contributed by atoms with Gasteiger partial charge in [-0.1, -0.05) is 47.6 Å². The van der Waals surface area contributed by atoms with Crippen molar-refractivity contribution in [2.75, 3.05) is 13.7 Å². The molecule has 1 aliphatic rings. The largest absolute Gasteiger partial charge is 0.478 e. The third-order valence-corrected chi connectivity index (χ3v) is 2.20. The first-order valence-electron chi connectivity index (χ1n) is 7.59. The van der Waals surface area contributed by atoms with Crippen LogP contribution in [-0.4, -0.2) is 23.5 Å². The van der Waals surface area contributed by atoms with Gasteiger partial charge < -0.3 is 4.74 Å². The van der Waals surface area contributed by atoms with Crippen molar-refractivity contribution < 1.29 is 4.74 Å². The lowest BCUT2D eigenvalue weighted by Gasteiger charge is -2.03. The Morgan fingerprint density at radius 3 is 2.16 bits per heavy atom. The second-order valence-electron chi connectivity index (χ2n) is 3.36.